The molecule has 0 amide bonds. The zero-order chi connectivity index (χ0) is 14.7. The van der Waals surface area contributed by atoms with Crippen LogP contribution in [0, 0.1) is 5.92 Å². The Labute approximate surface area is 126 Å². The first-order chi connectivity index (χ1) is 10.2. The molecule has 0 atom stereocenters. The van der Waals surface area contributed by atoms with E-state index in [-0.39, 0.29) is 0 Å². The third-order valence-electron chi connectivity index (χ3n) is 4.59. The van der Waals surface area contributed by atoms with Crippen LogP contribution in [0.2, 0.25) is 0 Å². The summed E-state index contributed by atoms with van der Waals surface area (Å²) < 4.78 is 0. The number of fused-ring (bicyclic) bond motifs is 1. The summed E-state index contributed by atoms with van der Waals surface area (Å²) in [5.41, 5.74) is 2.36. The Morgan fingerprint density at radius 1 is 1.33 bits per heavy atom. The van der Waals surface area contributed by atoms with E-state index in [0.29, 0.717) is 6.04 Å². The molecule has 3 rings (SSSR count). The van der Waals surface area contributed by atoms with Gasteiger partial charge in [0.05, 0.1) is 0 Å². The Kier molecular flexibility index (Phi) is 4.56. The van der Waals surface area contributed by atoms with Gasteiger partial charge in [-0.1, -0.05) is 0 Å². The van der Waals surface area contributed by atoms with Crippen LogP contribution in [0.1, 0.15) is 32.3 Å². The summed E-state index contributed by atoms with van der Waals surface area (Å²) in [4.78, 5) is 10.3. The van der Waals surface area contributed by atoms with Crippen LogP contribution in [0.25, 0.3) is 11.0 Å². The second-order valence-corrected chi connectivity index (χ2v) is 6.43. The summed E-state index contributed by atoms with van der Waals surface area (Å²) in [6.45, 7) is 9.16. The Hall–Kier alpha value is -1.39. The van der Waals surface area contributed by atoms with Crippen molar-refractivity contribution in [2.24, 2.45) is 5.92 Å². The van der Waals surface area contributed by atoms with Crippen molar-refractivity contribution in [3.05, 3.63) is 30.1 Å². The highest BCUT2D eigenvalue weighted by Gasteiger charge is 2.20. The maximum atomic E-state index is 4.39. The predicted octanol–water partition coefficient (Wildman–Crippen LogP) is 2.77. The lowest BCUT2D eigenvalue weighted by atomic mass is 9.97. The largest absolute Gasteiger partial charge is 0.346 e. The molecule has 1 fully saturated rings. The van der Waals surface area contributed by atoms with Gasteiger partial charge in [0, 0.05) is 36.9 Å². The van der Waals surface area contributed by atoms with E-state index in [0.717, 1.165) is 18.1 Å². The van der Waals surface area contributed by atoms with Gasteiger partial charge in [0.15, 0.2) is 0 Å². The van der Waals surface area contributed by atoms with Crippen LogP contribution in [0.4, 0.5) is 0 Å². The van der Waals surface area contributed by atoms with Crippen molar-refractivity contribution in [3.8, 4) is 0 Å². The van der Waals surface area contributed by atoms with E-state index in [4.69, 9.17) is 0 Å². The van der Waals surface area contributed by atoms with Crippen LogP contribution in [0.5, 0.6) is 0 Å². The Bertz CT molecular complexity index is 569. The predicted molar refractivity (Wildman–Crippen MR) is 87.2 cm³/mol. The smallest absolute Gasteiger partial charge is 0.137 e. The van der Waals surface area contributed by atoms with Gasteiger partial charge in [-0.25, -0.2) is 4.98 Å². The van der Waals surface area contributed by atoms with E-state index in [1.165, 1.54) is 43.4 Å². The molecule has 0 unspecified atom stereocenters. The lowest BCUT2D eigenvalue weighted by Crippen LogP contribution is -2.39. The average Bonchev–Trinajstić information content (AvgIpc) is 2.91. The van der Waals surface area contributed by atoms with Gasteiger partial charge < -0.3 is 10.3 Å². The fourth-order valence-corrected chi connectivity index (χ4v) is 3.22. The number of nitrogens with one attached hydrogen (secondary N) is 2. The molecular weight excluding hydrogens is 260 g/mol. The zero-order valence-electron chi connectivity index (χ0n) is 13.1. The maximum absolute atomic E-state index is 4.39. The molecule has 2 aromatic rings. The van der Waals surface area contributed by atoms with Crippen molar-refractivity contribution >= 4 is 11.0 Å². The Morgan fingerprint density at radius 3 is 2.90 bits per heavy atom. The van der Waals surface area contributed by atoms with Crippen molar-refractivity contribution in [2.75, 3.05) is 19.6 Å². The minimum Gasteiger partial charge on any atom is -0.346 e. The lowest BCUT2D eigenvalue weighted by Gasteiger charge is -2.32. The fourth-order valence-electron chi connectivity index (χ4n) is 3.22. The van der Waals surface area contributed by atoms with Crippen molar-refractivity contribution in [3.63, 3.8) is 0 Å². The van der Waals surface area contributed by atoms with Crippen LogP contribution >= 0.6 is 0 Å². The molecule has 0 radical (unpaired) electrons. The highest BCUT2D eigenvalue weighted by molar-refractivity contribution is 5.79. The van der Waals surface area contributed by atoms with Gasteiger partial charge >= 0.3 is 0 Å². The zero-order valence-corrected chi connectivity index (χ0v) is 13.1. The molecule has 0 spiro atoms. The van der Waals surface area contributed by atoms with Gasteiger partial charge in [-0.2, -0.15) is 0 Å². The summed E-state index contributed by atoms with van der Waals surface area (Å²) in [6.07, 6.45) is 6.57. The molecule has 114 valence electrons. The summed E-state index contributed by atoms with van der Waals surface area (Å²) in [5.74, 6) is 0.831. The van der Waals surface area contributed by atoms with E-state index in [1.54, 1.807) is 0 Å². The number of aromatic nitrogens is 2. The maximum Gasteiger partial charge on any atom is 0.137 e. The average molecular weight is 286 g/mol. The third-order valence-corrected chi connectivity index (χ3v) is 4.59. The second kappa shape index (κ2) is 6.58. The normalized spacial score (nSPS) is 17.1. The summed E-state index contributed by atoms with van der Waals surface area (Å²) in [7, 11) is 0. The van der Waals surface area contributed by atoms with Crippen molar-refractivity contribution in [2.45, 2.75) is 39.3 Å². The monoisotopic (exact) mass is 286 g/mol. The Morgan fingerprint density at radius 2 is 2.14 bits per heavy atom. The van der Waals surface area contributed by atoms with Gasteiger partial charge in [0.25, 0.3) is 0 Å². The number of H-pyrrole nitrogens is 1. The van der Waals surface area contributed by atoms with Crippen molar-refractivity contribution < 1.29 is 0 Å². The molecule has 1 aliphatic rings. The number of hydrogen-bond acceptors (Lipinski definition) is 3. The molecule has 2 N–H and O–H groups in total. The number of nitrogens with zero attached hydrogens (tertiary/aromatic N) is 2. The van der Waals surface area contributed by atoms with Gasteiger partial charge in [-0.3, -0.25) is 4.90 Å². The van der Waals surface area contributed by atoms with Crippen LogP contribution in [-0.4, -0.2) is 40.5 Å². The number of pyridine rings is 1. The van der Waals surface area contributed by atoms with Crippen molar-refractivity contribution in [1.29, 1.82) is 0 Å². The quantitative estimate of drug-likeness (QED) is 0.888. The van der Waals surface area contributed by atoms with Crippen LogP contribution in [-0.2, 0) is 6.54 Å². The van der Waals surface area contributed by atoms with Gasteiger partial charge in [-0.05, 0) is 63.4 Å². The van der Waals surface area contributed by atoms with Gasteiger partial charge in [0.1, 0.15) is 5.65 Å². The fraction of sp³-hybridized carbons (Fsp3) is 0.588. The summed E-state index contributed by atoms with van der Waals surface area (Å²) >= 11 is 0. The lowest BCUT2D eigenvalue weighted by molar-refractivity contribution is 0.162. The second-order valence-electron chi connectivity index (χ2n) is 6.43. The highest BCUT2D eigenvalue weighted by Crippen LogP contribution is 2.21. The standard InChI is InChI=1S/C17H26N4/c1-13(2)21(11-14-5-8-18-9-6-14)12-15-10-20-17-16(15)4-3-7-19-17/h3-4,7,10,13-14,18H,5-6,8-9,11-12H2,1-2H3,(H,19,20). The Balaban J connectivity index is 1.72. The molecule has 1 saturated heterocycles. The van der Waals surface area contributed by atoms with E-state index in [1.807, 2.05) is 12.3 Å². The molecule has 4 heteroatoms. The summed E-state index contributed by atoms with van der Waals surface area (Å²) in [5, 5.41) is 4.71. The molecule has 0 aliphatic carbocycles. The number of piperidine rings is 1. The first kappa shape index (κ1) is 14.5. The summed E-state index contributed by atoms with van der Waals surface area (Å²) in [6, 6.07) is 4.75. The minimum absolute atomic E-state index is 0.571. The first-order valence-electron chi connectivity index (χ1n) is 8.10. The SMILES string of the molecule is CC(C)N(Cc1c[nH]c2ncccc12)CC1CCNCC1. The number of aromatic amines is 1. The minimum atomic E-state index is 0.571. The molecule has 0 bridgehead atoms. The molecule has 0 aromatic carbocycles. The van der Waals surface area contributed by atoms with Crippen LogP contribution in [0.15, 0.2) is 24.5 Å². The van der Waals surface area contributed by atoms with Gasteiger partial charge in [-0.15, -0.1) is 0 Å². The topological polar surface area (TPSA) is 44.0 Å². The number of hydrogen-bond donors (Lipinski definition) is 2. The molecule has 0 saturated carbocycles. The molecule has 3 heterocycles. The van der Waals surface area contributed by atoms with E-state index in [2.05, 4.69) is 46.3 Å². The van der Waals surface area contributed by atoms with Crippen LogP contribution < -0.4 is 5.32 Å². The molecule has 1 aliphatic heterocycles. The van der Waals surface area contributed by atoms with E-state index < -0.39 is 0 Å². The van der Waals surface area contributed by atoms with E-state index in [9.17, 15) is 0 Å². The first-order valence-corrected chi connectivity index (χ1v) is 8.10. The number of rotatable bonds is 5. The molecular formula is C17H26N4. The molecule has 21 heavy (non-hydrogen) atoms. The highest BCUT2D eigenvalue weighted by atomic mass is 15.1. The van der Waals surface area contributed by atoms with Crippen molar-refractivity contribution in [1.82, 2.24) is 20.2 Å². The molecule has 2 aromatic heterocycles. The molecule has 4 nitrogen and oxygen atoms in total. The van der Waals surface area contributed by atoms with Gasteiger partial charge in [0.2, 0.25) is 0 Å². The van der Waals surface area contributed by atoms with Crippen LogP contribution in [0.3, 0.4) is 0 Å². The van der Waals surface area contributed by atoms with E-state index >= 15 is 0 Å². The third kappa shape index (κ3) is 3.44.